The minimum atomic E-state index is -0.468. The molecule has 1 amide bonds. The number of aromatic nitrogens is 2. The Morgan fingerprint density at radius 3 is 2.79 bits per heavy atom. The number of para-hydroxylation sites is 2. The third kappa shape index (κ3) is 3.80. The molecule has 0 saturated carbocycles. The molecule has 1 aliphatic rings. The Morgan fingerprint density at radius 1 is 1.38 bits per heavy atom. The normalized spacial score (nSPS) is 21.8. The Balaban J connectivity index is 1.62. The van der Waals surface area contributed by atoms with Crippen molar-refractivity contribution in [2.24, 2.45) is 0 Å². The van der Waals surface area contributed by atoms with Crippen LogP contribution in [0.3, 0.4) is 0 Å². The number of rotatable bonds is 2. The maximum absolute atomic E-state index is 11.9. The van der Waals surface area contributed by atoms with Gasteiger partial charge in [0.2, 0.25) is 5.95 Å². The lowest BCUT2D eigenvalue weighted by molar-refractivity contribution is 0.0494. The molecule has 1 aromatic carbocycles. The molecule has 2 heterocycles. The Hall–Kier alpha value is -2.24. The number of H-pyrrole nitrogens is 1. The fourth-order valence-corrected chi connectivity index (χ4v) is 3.17. The smallest absolute Gasteiger partial charge is 0.407 e. The van der Waals surface area contributed by atoms with Crippen molar-refractivity contribution in [1.29, 1.82) is 0 Å². The summed E-state index contributed by atoms with van der Waals surface area (Å²) < 4.78 is 5.34. The minimum Gasteiger partial charge on any atom is -0.444 e. The van der Waals surface area contributed by atoms with Crippen molar-refractivity contribution in [1.82, 2.24) is 15.3 Å². The Morgan fingerprint density at radius 2 is 2.12 bits per heavy atom. The van der Waals surface area contributed by atoms with Crippen LogP contribution < -0.4 is 10.2 Å². The van der Waals surface area contributed by atoms with Crippen LogP contribution in [0.5, 0.6) is 0 Å². The molecule has 1 fully saturated rings. The van der Waals surface area contributed by atoms with Gasteiger partial charge in [0, 0.05) is 18.6 Å². The van der Waals surface area contributed by atoms with Gasteiger partial charge < -0.3 is 19.9 Å². The van der Waals surface area contributed by atoms with Gasteiger partial charge >= 0.3 is 6.09 Å². The summed E-state index contributed by atoms with van der Waals surface area (Å²) in [7, 11) is 0. The molecule has 1 saturated heterocycles. The van der Waals surface area contributed by atoms with Gasteiger partial charge in [-0.05, 0) is 52.7 Å². The van der Waals surface area contributed by atoms with E-state index < -0.39 is 5.60 Å². The number of benzene rings is 1. The topological polar surface area (TPSA) is 70.2 Å². The first kappa shape index (κ1) is 16.6. The van der Waals surface area contributed by atoms with Gasteiger partial charge in [-0.15, -0.1) is 0 Å². The van der Waals surface area contributed by atoms with E-state index >= 15 is 0 Å². The second-order valence-electron chi connectivity index (χ2n) is 7.49. The lowest BCUT2D eigenvalue weighted by atomic mass is 9.99. The highest BCUT2D eigenvalue weighted by molar-refractivity contribution is 5.77. The molecule has 0 spiro atoms. The van der Waals surface area contributed by atoms with E-state index in [-0.39, 0.29) is 12.1 Å². The van der Waals surface area contributed by atoms with Crippen LogP contribution >= 0.6 is 0 Å². The van der Waals surface area contributed by atoms with Gasteiger partial charge in [-0.1, -0.05) is 12.1 Å². The fraction of sp³-hybridized carbons (Fsp3) is 0.556. The van der Waals surface area contributed by atoms with Crippen LogP contribution in [-0.4, -0.2) is 40.3 Å². The van der Waals surface area contributed by atoms with Crippen molar-refractivity contribution in [3.8, 4) is 0 Å². The summed E-state index contributed by atoms with van der Waals surface area (Å²) in [4.78, 5) is 22.3. The molecule has 6 nitrogen and oxygen atoms in total. The quantitative estimate of drug-likeness (QED) is 0.885. The van der Waals surface area contributed by atoms with Crippen LogP contribution in [0.1, 0.15) is 40.5 Å². The number of aromatic amines is 1. The Kier molecular flexibility index (Phi) is 4.39. The van der Waals surface area contributed by atoms with E-state index in [4.69, 9.17) is 4.74 Å². The molecule has 2 aromatic rings. The second-order valence-corrected chi connectivity index (χ2v) is 7.49. The van der Waals surface area contributed by atoms with E-state index in [1.54, 1.807) is 0 Å². The van der Waals surface area contributed by atoms with Gasteiger partial charge in [-0.2, -0.15) is 0 Å². The largest absolute Gasteiger partial charge is 0.444 e. The van der Waals surface area contributed by atoms with Crippen LogP contribution in [0, 0.1) is 0 Å². The lowest BCUT2D eigenvalue weighted by Crippen LogP contribution is -2.50. The summed E-state index contributed by atoms with van der Waals surface area (Å²) in [5.74, 6) is 0.902. The van der Waals surface area contributed by atoms with Gasteiger partial charge in [-0.3, -0.25) is 0 Å². The fourth-order valence-electron chi connectivity index (χ4n) is 3.17. The summed E-state index contributed by atoms with van der Waals surface area (Å²) in [6.07, 6.45) is 1.41. The number of hydrogen-bond donors (Lipinski definition) is 2. The van der Waals surface area contributed by atoms with Crippen molar-refractivity contribution in [2.45, 2.75) is 58.2 Å². The van der Waals surface area contributed by atoms with E-state index in [1.807, 2.05) is 45.0 Å². The number of piperidine rings is 1. The lowest BCUT2D eigenvalue weighted by Gasteiger charge is -2.37. The maximum Gasteiger partial charge on any atom is 0.407 e. The van der Waals surface area contributed by atoms with Crippen LogP contribution in [0.2, 0.25) is 0 Å². The zero-order chi connectivity index (χ0) is 17.3. The number of fused-ring (bicyclic) bond motifs is 1. The molecule has 1 aliphatic heterocycles. The third-order valence-corrected chi connectivity index (χ3v) is 4.25. The first-order valence-electron chi connectivity index (χ1n) is 8.53. The highest BCUT2D eigenvalue weighted by atomic mass is 16.6. The van der Waals surface area contributed by atoms with Crippen molar-refractivity contribution >= 4 is 23.1 Å². The number of ether oxygens (including phenoxy) is 1. The summed E-state index contributed by atoms with van der Waals surface area (Å²) in [6, 6.07) is 8.47. The average Bonchev–Trinajstić information content (AvgIpc) is 2.88. The Bertz CT molecular complexity index is 686. The number of alkyl carbamates (subject to hydrolysis) is 1. The number of anilines is 1. The highest BCUT2D eigenvalue weighted by Crippen LogP contribution is 2.25. The first-order chi connectivity index (χ1) is 11.3. The van der Waals surface area contributed by atoms with Crippen molar-refractivity contribution in [2.75, 3.05) is 11.4 Å². The van der Waals surface area contributed by atoms with Gasteiger partial charge in [0.1, 0.15) is 5.60 Å². The monoisotopic (exact) mass is 330 g/mol. The maximum atomic E-state index is 11.9. The molecular formula is C18H26N4O2. The van der Waals surface area contributed by atoms with Crippen LogP contribution in [0.4, 0.5) is 10.7 Å². The molecule has 2 N–H and O–H groups in total. The summed E-state index contributed by atoms with van der Waals surface area (Å²) in [5, 5.41) is 2.99. The number of carbonyl (C=O) groups excluding carboxylic acids is 1. The van der Waals surface area contributed by atoms with E-state index in [2.05, 4.69) is 27.1 Å². The molecule has 0 bridgehead atoms. The van der Waals surface area contributed by atoms with Gasteiger partial charge in [-0.25, -0.2) is 9.78 Å². The predicted octanol–water partition coefficient (Wildman–Crippen LogP) is 3.44. The van der Waals surface area contributed by atoms with Crippen molar-refractivity contribution in [3.63, 3.8) is 0 Å². The van der Waals surface area contributed by atoms with E-state index in [9.17, 15) is 4.79 Å². The SMILES string of the molecule is CC1CC(NC(=O)OC(C)(C)C)CCN1c1nc2ccccc2[nH]1. The zero-order valence-electron chi connectivity index (χ0n) is 14.8. The molecule has 130 valence electrons. The number of nitrogens with zero attached hydrogens (tertiary/aromatic N) is 2. The van der Waals surface area contributed by atoms with E-state index in [1.165, 1.54) is 0 Å². The molecule has 6 heteroatoms. The molecule has 0 aliphatic carbocycles. The number of imidazole rings is 1. The number of hydrogen-bond acceptors (Lipinski definition) is 4. The van der Waals surface area contributed by atoms with Crippen molar-refractivity contribution in [3.05, 3.63) is 24.3 Å². The molecule has 2 unspecified atom stereocenters. The highest BCUT2D eigenvalue weighted by Gasteiger charge is 2.29. The van der Waals surface area contributed by atoms with Crippen LogP contribution in [-0.2, 0) is 4.74 Å². The standard InChI is InChI=1S/C18H26N4O2/c1-12-11-13(19-17(23)24-18(2,3)4)9-10-22(12)16-20-14-7-5-6-8-15(14)21-16/h5-8,12-13H,9-11H2,1-4H3,(H,19,23)(H,20,21). The number of carbonyl (C=O) groups is 1. The molecule has 2 atom stereocenters. The second kappa shape index (κ2) is 6.34. The number of nitrogens with one attached hydrogen (secondary N) is 2. The zero-order valence-corrected chi connectivity index (χ0v) is 14.8. The van der Waals surface area contributed by atoms with Crippen LogP contribution in [0.15, 0.2) is 24.3 Å². The molecule has 0 radical (unpaired) electrons. The molecule has 1 aromatic heterocycles. The van der Waals surface area contributed by atoms with Gasteiger partial charge in [0.25, 0.3) is 0 Å². The minimum absolute atomic E-state index is 0.135. The van der Waals surface area contributed by atoms with E-state index in [0.717, 1.165) is 36.4 Å². The van der Waals surface area contributed by atoms with E-state index in [0.29, 0.717) is 6.04 Å². The molecule has 24 heavy (non-hydrogen) atoms. The number of amides is 1. The average molecular weight is 330 g/mol. The summed E-state index contributed by atoms with van der Waals surface area (Å²) in [5.41, 5.74) is 1.56. The van der Waals surface area contributed by atoms with Gasteiger partial charge in [0.15, 0.2) is 0 Å². The van der Waals surface area contributed by atoms with Gasteiger partial charge in [0.05, 0.1) is 11.0 Å². The predicted molar refractivity (Wildman–Crippen MR) is 95.3 cm³/mol. The van der Waals surface area contributed by atoms with Crippen LogP contribution in [0.25, 0.3) is 11.0 Å². The molecular weight excluding hydrogens is 304 g/mol. The first-order valence-corrected chi connectivity index (χ1v) is 8.53. The molecule has 3 rings (SSSR count). The Labute approximate surface area is 142 Å². The van der Waals surface area contributed by atoms with Crippen molar-refractivity contribution < 1.29 is 9.53 Å². The third-order valence-electron chi connectivity index (χ3n) is 4.25. The summed E-state index contributed by atoms with van der Waals surface area (Å²) >= 11 is 0. The summed E-state index contributed by atoms with van der Waals surface area (Å²) in [6.45, 7) is 8.63.